The zero-order valence-electron chi connectivity index (χ0n) is 36.3. The van der Waals surface area contributed by atoms with E-state index >= 15 is 0 Å². The zero-order valence-corrected chi connectivity index (χ0v) is 36.3. The molecule has 0 aliphatic heterocycles. The predicted molar refractivity (Wildman–Crippen MR) is 276 cm³/mol. The van der Waals surface area contributed by atoms with Gasteiger partial charge in [0.25, 0.3) is 0 Å². The van der Waals surface area contributed by atoms with Crippen LogP contribution in [-0.4, -0.2) is 9.13 Å². The molecule has 0 radical (unpaired) electrons. The summed E-state index contributed by atoms with van der Waals surface area (Å²) < 4.78 is 4.77. The molecule has 312 valence electrons. The number of fused-ring (bicyclic) bond motifs is 7. The molecule has 0 atom stereocenters. The SMILES string of the molecule is [C-]#[N+]c1ccc(-c2c(-c3ccc(C#N)cc3)n(-c3cc4c5ccccc5c(-n5c(-c6ccc([N+]#[C-])cc6)c(-c6ccc(C#N)cc6)c6ccccc65)cc4c4ccccc34)c3ccccc23)cc1. The number of para-hydroxylation sites is 2. The second-order valence-corrected chi connectivity index (χ2v) is 16.8. The maximum atomic E-state index is 9.84. The van der Waals surface area contributed by atoms with Crippen molar-refractivity contribution in [2.45, 2.75) is 0 Å². The van der Waals surface area contributed by atoms with E-state index in [1.54, 1.807) is 0 Å². The van der Waals surface area contributed by atoms with E-state index in [1.165, 1.54) is 0 Å². The number of benzene rings is 10. The summed E-state index contributed by atoms with van der Waals surface area (Å²) in [7, 11) is 0. The Hall–Kier alpha value is -9.98. The van der Waals surface area contributed by atoms with Crippen LogP contribution in [0.25, 0.3) is 120 Å². The van der Waals surface area contributed by atoms with Gasteiger partial charge in [-0.3, -0.25) is 0 Å². The van der Waals surface area contributed by atoms with Gasteiger partial charge in [-0.1, -0.05) is 158 Å². The Bertz CT molecular complexity index is 3930. The lowest BCUT2D eigenvalue weighted by atomic mass is 9.93. The van der Waals surface area contributed by atoms with E-state index in [-0.39, 0.29) is 0 Å². The van der Waals surface area contributed by atoms with Gasteiger partial charge in [0.2, 0.25) is 0 Å². The maximum absolute atomic E-state index is 9.84. The molecule has 12 aromatic rings. The highest BCUT2D eigenvalue weighted by Gasteiger charge is 2.26. The van der Waals surface area contributed by atoms with E-state index in [2.05, 4.69) is 140 Å². The fraction of sp³-hybridized carbons (Fsp3) is 0. The molecule has 6 nitrogen and oxygen atoms in total. The highest BCUT2D eigenvalue weighted by atomic mass is 15.0. The zero-order chi connectivity index (χ0) is 45.9. The lowest BCUT2D eigenvalue weighted by Gasteiger charge is -2.21. The van der Waals surface area contributed by atoms with Crippen molar-refractivity contribution in [3.05, 3.63) is 240 Å². The molecule has 2 aromatic heterocycles. The first-order chi connectivity index (χ1) is 33.6. The van der Waals surface area contributed by atoms with Crippen LogP contribution in [0.3, 0.4) is 0 Å². The van der Waals surface area contributed by atoms with Gasteiger partial charge in [0.15, 0.2) is 11.4 Å². The first-order valence-electron chi connectivity index (χ1n) is 22.2. The third-order valence-corrected chi connectivity index (χ3v) is 13.2. The van der Waals surface area contributed by atoms with Crippen molar-refractivity contribution in [3.63, 3.8) is 0 Å². The van der Waals surface area contributed by atoms with Crippen LogP contribution in [0.5, 0.6) is 0 Å². The van der Waals surface area contributed by atoms with Gasteiger partial charge in [-0.25, -0.2) is 9.69 Å². The topological polar surface area (TPSA) is 66.2 Å². The summed E-state index contributed by atoms with van der Waals surface area (Å²) in [5.41, 5.74) is 14.4. The van der Waals surface area contributed by atoms with E-state index < -0.39 is 0 Å². The molecule has 10 aromatic carbocycles. The molecule has 0 saturated heterocycles. The molecule has 6 heteroatoms. The number of nitriles is 2. The van der Waals surface area contributed by atoms with Gasteiger partial charge in [-0.15, -0.1) is 0 Å². The molecule has 12 rings (SSSR count). The van der Waals surface area contributed by atoms with Crippen molar-refractivity contribution >= 4 is 65.5 Å². The quantitative estimate of drug-likeness (QED) is 0.123. The normalized spacial score (nSPS) is 11.2. The molecule has 2 heterocycles. The predicted octanol–water partition coefficient (Wildman–Crippen LogP) is 16.5. The first-order valence-corrected chi connectivity index (χ1v) is 22.2. The molecule has 0 saturated carbocycles. The largest absolute Gasteiger partial charge is 0.308 e. The highest BCUT2D eigenvalue weighted by molar-refractivity contribution is 6.23. The van der Waals surface area contributed by atoms with Gasteiger partial charge in [0, 0.05) is 32.7 Å². The molecule has 0 N–H and O–H groups in total. The fourth-order valence-corrected chi connectivity index (χ4v) is 10.2. The lowest BCUT2D eigenvalue weighted by molar-refractivity contribution is 1.15. The van der Waals surface area contributed by atoms with Crippen LogP contribution < -0.4 is 0 Å². The molecule has 0 bridgehead atoms. The first kappa shape index (κ1) is 39.6. The Kier molecular flexibility index (Phi) is 9.27. The van der Waals surface area contributed by atoms with Gasteiger partial charge in [-0.2, -0.15) is 10.5 Å². The average molecular weight is 863 g/mol. The van der Waals surface area contributed by atoms with Crippen molar-refractivity contribution in [2.24, 2.45) is 0 Å². The molecule has 0 aliphatic carbocycles. The average Bonchev–Trinajstić information content (AvgIpc) is 3.94. The monoisotopic (exact) mass is 862 g/mol. The molecular weight excluding hydrogens is 829 g/mol. The van der Waals surface area contributed by atoms with Crippen molar-refractivity contribution < 1.29 is 0 Å². The number of hydrogen-bond acceptors (Lipinski definition) is 2. The minimum absolute atomic E-state index is 0.567. The smallest absolute Gasteiger partial charge is 0.187 e. The van der Waals surface area contributed by atoms with Crippen LogP contribution in [0.15, 0.2) is 206 Å². The Labute approximate surface area is 391 Å². The summed E-state index contributed by atoms with van der Waals surface area (Å²) in [4.78, 5) is 7.41. The van der Waals surface area contributed by atoms with Crippen LogP contribution in [0.4, 0.5) is 11.4 Å². The Morgan fingerprint density at radius 1 is 0.338 bits per heavy atom. The van der Waals surface area contributed by atoms with Crippen LogP contribution in [0, 0.1) is 35.8 Å². The maximum Gasteiger partial charge on any atom is 0.187 e. The minimum Gasteiger partial charge on any atom is -0.308 e. The number of rotatable bonds is 6. The second-order valence-electron chi connectivity index (χ2n) is 16.8. The number of nitrogens with zero attached hydrogens (tertiary/aromatic N) is 6. The van der Waals surface area contributed by atoms with Crippen molar-refractivity contribution in [1.29, 1.82) is 10.5 Å². The summed E-state index contributed by atoms with van der Waals surface area (Å²) in [6.45, 7) is 15.4. The Morgan fingerprint density at radius 3 is 1.04 bits per heavy atom. The standard InChI is InChI=1S/C62H34N6/c1-65-45-31-27-42(28-32-45)60-52-16-8-10-18-56(52)67(61(60)43-25-21-40(38-64)22-26-43)57-35-53-48-12-4-6-14-50(48)58(36-54(53)47-11-3-5-13-49(47)57)68-55-17-9-7-15-51(55)59(41-23-19-39(37-63)20-24-41)62(68)44-29-33-46(66-2)34-30-44/h3-36H. The van der Waals surface area contributed by atoms with Crippen molar-refractivity contribution in [1.82, 2.24) is 9.13 Å². The molecule has 0 spiro atoms. The van der Waals surface area contributed by atoms with Crippen LogP contribution in [0.1, 0.15) is 11.1 Å². The number of hydrogen-bond donors (Lipinski definition) is 0. The molecule has 0 unspecified atom stereocenters. The third-order valence-electron chi connectivity index (χ3n) is 13.2. The molecule has 68 heavy (non-hydrogen) atoms. The summed E-state index contributed by atoms with van der Waals surface area (Å²) >= 11 is 0. The van der Waals surface area contributed by atoms with E-state index in [0.29, 0.717) is 22.5 Å². The molecular formula is C62H34N6. The highest BCUT2D eigenvalue weighted by Crippen LogP contribution is 2.49. The summed E-state index contributed by atoms with van der Waals surface area (Å²) in [6, 6.07) is 74.8. The van der Waals surface area contributed by atoms with Gasteiger partial charge >= 0.3 is 0 Å². The van der Waals surface area contributed by atoms with Crippen molar-refractivity contribution in [3.8, 4) is 68.3 Å². The molecule has 0 fully saturated rings. The van der Waals surface area contributed by atoms with E-state index in [4.69, 9.17) is 13.1 Å². The fourth-order valence-electron chi connectivity index (χ4n) is 10.2. The van der Waals surface area contributed by atoms with E-state index in [0.717, 1.165) is 110 Å². The Morgan fingerprint density at radius 2 is 0.662 bits per heavy atom. The van der Waals surface area contributed by atoms with Gasteiger partial charge in [0.1, 0.15) is 0 Å². The Balaban J connectivity index is 1.21. The van der Waals surface area contributed by atoms with Gasteiger partial charge in [0.05, 0.1) is 70.2 Å². The summed E-state index contributed by atoms with van der Waals surface area (Å²) in [6.07, 6.45) is 0. The van der Waals surface area contributed by atoms with Gasteiger partial charge in [-0.05, 0) is 92.3 Å². The second kappa shape index (κ2) is 15.9. The van der Waals surface area contributed by atoms with Crippen LogP contribution in [0.2, 0.25) is 0 Å². The van der Waals surface area contributed by atoms with E-state index in [1.807, 2.05) is 97.1 Å². The minimum atomic E-state index is 0.567. The summed E-state index contributed by atoms with van der Waals surface area (Å²) in [5.74, 6) is 0. The lowest BCUT2D eigenvalue weighted by Crippen LogP contribution is -2.02. The van der Waals surface area contributed by atoms with Crippen LogP contribution >= 0.6 is 0 Å². The summed E-state index contributed by atoms with van der Waals surface area (Å²) in [5, 5.41) is 28.2. The van der Waals surface area contributed by atoms with Gasteiger partial charge < -0.3 is 9.13 Å². The third kappa shape index (κ3) is 6.15. The molecule has 0 aliphatic rings. The molecule has 0 amide bonds. The van der Waals surface area contributed by atoms with E-state index in [9.17, 15) is 10.5 Å². The number of aromatic nitrogens is 2. The van der Waals surface area contributed by atoms with Crippen molar-refractivity contribution in [2.75, 3.05) is 0 Å². The van der Waals surface area contributed by atoms with Crippen LogP contribution in [-0.2, 0) is 0 Å².